The molecule has 0 aromatic carbocycles. The van der Waals surface area contributed by atoms with Crippen LogP contribution < -0.4 is 16.2 Å². The number of pyridine rings is 1. The van der Waals surface area contributed by atoms with Crippen LogP contribution in [0.3, 0.4) is 0 Å². The van der Waals surface area contributed by atoms with Gasteiger partial charge in [0.15, 0.2) is 0 Å². The quantitative estimate of drug-likeness (QED) is 0.883. The van der Waals surface area contributed by atoms with Gasteiger partial charge < -0.3 is 15.2 Å². The Bertz CT molecular complexity index is 548. The van der Waals surface area contributed by atoms with E-state index in [9.17, 15) is 9.59 Å². The number of hydrogen-bond donors (Lipinski definition) is 2. The normalized spacial score (nSPS) is 22.4. The third-order valence-corrected chi connectivity index (χ3v) is 4.31. The van der Waals surface area contributed by atoms with Crippen molar-refractivity contribution in [2.24, 2.45) is 7.05 Å². The van der Waals surface area contributed by atoms with Gasteiger partial charge in [-0.3, -0.25) is 9.59 Å². The average molecular weight is 342 g/mol. The highest BCUT2D eigenvalue weighted by Gasteiger charge is 2.22. The summed E-state index contributed by atoms with van der Waals surface area (Å²) < 4.78 is 2.44. The van der Waals surface area contributed by atoms with Crippen molar-refractivity contribution >= 4 is 27.5 Å². The first-order chi connectivity index (χ1) is 9.45. The van der Waals surface area contributed by atoms with Crippen LogP contribution in [0, 0.1) is 0 Å². The number of hydrogen-bond acceptors (Lipinski definition) is 3. The Hall–Kier alpha value is -1.30. The predicted octanol–water partition coefficient (Wildman–Crippen LogP) is 2.01. The Morgan fingerprint density at radius 1 is 1.30 bits per heavy atom. The second-order valence-corrected chi connectivity index (χ2v) is 6.23. The highest BCUT2D eigenvalue weighted by Crippen LogP contribution is 2.25. The molecule has 1 saturated carbocycles. The van der Waals surface area contributed by atoms with E-state index in [1.165, 1.54) is 0 Å². The van der Waals surface area contributed by atoms with Gasteiger partial charge in [0.25, 0.3) is 5.56 Å². The number of aromatic nitrogens is 1. The Balaban J connectivity index is 1.94. The van der Waals surface area contributed by atoms with Gasteiger partial charge >= 0.3 is 0 Å². The molecule has 0 saturated heterocycles. The fourth-order valence-electron chi connectivity index (χ4n) is 2.60. The summed E-state index contributed by atoms with van der Waals surface area (Å²) in [4.78, 5) is 22.7. The molecule has 1 aliphatic carbocycles. The maximum atomic E-state index is 11.7. The summed E-state index contributed by atoms with van der Waals surface area (Å²) >= 11 is 3.47. The van der Waals surface area contributed by atoms with Gasteiger partial charge in [0.2, 0.25) is 5.91 Å². The molecule has 1 amide bonds. The Kier molecular flexibility index (Phi) is 4.86. The molecule has 5 nitrogen and oxygen atoms in total. The number of carbonyl (C=O) groups excluding carboxylic acids is 1. The van der Waals surface area contributed by atoms with Gasteiger partial charge in [0, 0.05) is 38.3 Å². The van der Waals surface area contributed by atoms with E-state index in [1.54, 1.807) is 30.8 Å². The van der Waals surface area contributed by atoms with Crippen LogP contribution in [-0.2, 0) is 11.8 Å². The molecule has 1 aromatic rings. The Labute approximate surface area is 126 Å². The molecule has 0 spiro atoms. The van der Waals surface area contributed by atoms with Gasteiger partial charge in [-0.2, -0.15) is 0 Å². The van der Waals surface area contributed by atoms with E-state index in [0.717, 1.165) is 35.8 Å². The van der Waals surface area contributed by atoms with Gasteiger partial charge in [0.05, 0.1) is 10.2 Å². The van der Waals surface area contributed by atoms with Gasteiger partial charge in [-0.1, -0.05) is 0 Å². The molecular formula is C14H20BrN3O2. The van der Waals surface area contributed by atoms with Crippen molar-refractivity contribution in [2.75, 3.05) is 5.32 Å². The monoisotopic (exact) mass is 341 g/mol. The number of nitrogens with zero attached hydrogens (tertiary/aromatic N) is 1. The number of nitrogens with one attached hydrogen (secondary N) is 2. The van der Waals surface area contributed by atoms with Crippen LogP contribution >= 0.6 is 15.9 Å². The van der Waals surface area contributed by atoms with E-state index in [4.69, 9.17) is 0 Å². The lowest BCUT2D eigenvalue weighted by molar-refractivity contribution is -0.119. The highest BCUT2D eigenvalue weighted by atomic mass is 79.9. The number of anilines is 1. The smallest absolute Gasteiger partial charge is 0.252 e. The fraction of sp³-hybridized carbons (Fsp3) is 0.571. The summed E-state index contributed by atoms with van der Waals surface area (Å²) in [6.07, 6.45) is 5.70. The Morgan fingerprint density at radius 2 is 1.90 bits per heavy atom. The van der Waals surface area contributed by atoms with Crippen LogP contribution in [-0.4, -0.2) is 22.6 Å². The third kappa shape index (κ3) is 3.85. The highest BCUT2D eigenvalue weighted by molar-refractivity contribution is 9.10. The molecule has 2 N–H and O–H groups in total. The summed E-state index contributed by atoms with van der Waals surface area (Å²) in [5.74, 6) is 0.0377. The standard InChI is InChI=1S/C14H20BrN3O2/c1-9(19)16-10-3-5-11(6-4-10)17-13-7-14(20)18(2)8-12(13)15/h7-8,10-11,17H,3-6H2,1-2H3,(H,16,19)/t10-,11-. The molecule has 20 heavy (non-hydrogen) atoms. The van der Waals surface area contributed by atoms with E-state index in [-0.39, 0.29) is 17.5 Å². The maximum Gasteiger partial charge on any atom is 0.252 e. The van der Waals surface area contributed by atoms with Crippen molar-refractivity contribution in [1.29, 1.82) is 0 Å². The minimum atomic E-state index is -0.0253. The third-order valence-electron chi connectivity index (χ3n) is 3.67. The van der Waals surface area contributed by atoms with E-state index < -0.39 is 0 Å². The molecular weight excluding hydrogens is 322 g/mol. The van der Waals surface area contributed by atoms with E-state index in [1.807, 2.05) is 0 Å². The zero-order chi connectivity index (χ0) is 14.7. The van der Waals surface area contributed by atoms with Crippen molar-refractivity contribution in [1.82, 2.24) is 9.88 Å². The average Bonchev–Trinajstić information content (AvgIpc) is 2.37. The summed E-state index contributed by atoms with van der Waals surface area (Å²) in [6.45, 7) is 1.56. The molecule has 0 radical (unpaired) electrons. The number of halogens is 1. The molecule has 6 heteroatoms. The molecule has 0 bridgehead atoms. The predicted molar refractivity (Wildman–Crippen MR) is 82.9 cm³/mol. The van der Waals surface area contributed by atoms with Gasteiger partial charge in [-0.25, -0.2) is 0 Å². The van der Waals surface area contributed by atoms with Crippen LogP contribution in [0.15, 0.2) is 21.5 Å². The summed E-state index contributed by atoms with van der Waals surface area (Å²) in [5.41, 5.74) is 0.818. The second-order valence-electron chi connectivity index (χ2n) is 5.38. The van der Waals surface area contributed by atoms with Crippen LogP contribution in [0.25, 0.3) is 0 Å². The van der Waals surface area contributed by atoms with Crippen LogP contribution in [0.5, 0.6) is 0 Å². The Morgan fingerprint density at radius 3 is 2.50 bits per heavy atom. The number of amides is 1. The molecule has 1 aromatic heterocycles. The lowest BCUT2D eigenvalue weighted by Crippen LogP contribution is -2.39. The van der Waals surface area contributed by atoms with Crippen LogP contribution in [0.2, 0.25) is 0 Å². The first kappa shape index (κ1) is 15.1. The molecule has 1 aliphatic rings. The fourth-order valence-corrected chi connectivity index (χ4v) is 3.13. The zero-order valence-corrected chi connectivity index (χ0v) is 13.4. The number of rotatable bonds is 3. The minimum absolute atomic E-state index is 0.0253. The zero-order valence-electron chi connectivity index (χ0n) is 11.8. The molecule has 0 atom stereocenters. The molecule has 1 fully saturated rings. The first-order valence-corrected chi connectivity index (χ1v) is 7.65. The lowest BCUT2D eigenvalue weighted by atomic mass is 9.91. The van der Waals surface area contributed by atoms with Gasteiger partial charge in [-0.15, -0.1) is 0 Å². The topological polar surface area (TPSA) is 63.1 Å². The molecule has 2 rings (SSSR count). The summed E-state index contributed by atoms with van der Waals surface area (Å²) in [7, 11) is 1.73. The number of carbonyl (C=O) groups is 1. The molecule has 110 valence electrons. The SMILES string of the molecule is CC(=O)N[C@H]1CC[C@H](Nc2cc(=O)n(C)cc2Br)CC1. The largest absolute Gasteiger partial charge is 0.381 e. The van der Waals surface area contributed by atoms with Gasteiger partial charge in [0.1, 0.15) is 0 Å². The summed E-state index contributed by atoms with van der Waals surface area (Å²) in [6, 6.07) is 2.25. The van der Waals surface area contributed by atoms with Crippen molar-refractivity contribution in [3.63, 3.8) is 0 Å². The van der Waals surface area contributed by atoms with Gasteiger partial charge in [-0.05, 0) is 41.6 Å². The van der Waals surface area contributed by atoms with Crippen LogP contribution in [0.1, 0.15) is 32.6 Å². The summed E-state index contributed by atoms with van der Waals surface area (Å²) in [5, 5.41) is 6.38. The van der Waals surface area contributed by atoms with E-state index in [2.05, 4.69) is 26.6 Å². The van der Waals surface area contributed by atoms with E-state index in [0.29, 0.717) is 6.04 Å². The first-order valence-electron chi connectivity index (χ1n) is 6.85. The maximum absolute atomic E-state index is 11.7. The molecule has 0 unspecified atom stereocenters. The van der Waals surface area contributed by atoms with Crippen molar-refractivity contribution < 1.29 is 4.79 Å². The number of aryl methyl sites for hydroxylation is 1. The van der Waals surface area contributed by atoms with Crippen molar-refractivity contribution in [2.45, 2.75) is 44.7 Å². The van der Waals surface area contributed by atoms with E-state index >= 15 is 0 Å². The molecule has 0 aliphatic heterocycles. The van der Waals surface area contributed by atoms with Crippen molar-refractivity contribution in [3.05, 3.63) is 27.1 Å². The lowest BCUT2D eigenvalue weighted by Gasteiger charge is -2.30. The minimum Gasteiger partial charge on any atom is -0.381 e. The van der Waals surface area contributed by atoms with Crippen molar-refractivity contribution in [3.8, 4) is 0 Å². The molecule has 1 heterocycles. The van der Waals surface area contributed by atoms with Crippen LogP contribution in [0.4, 0.5) is 5.69 Å². The second kappa shape index (κ2) is 6.43.